The Balaban J connectivity index is 2.66. The van der Waals surface area contributed by atoms with Crippen LogP contribution in [0.15, 0.2) is 12.4 Å². The molecule has 0 aromatic carbocycles. The summed E-state index contributed by atoms with van der Waals surface area (Å²) >= 11 is 0. The Hall–Kier alpha value is -1.27. The summed E-state index contributed by atoms with van der Waals surface area (Å²) in [4.78, 5) is 0. The first kappa shape index (κ1) is 9.82. The summed E-state index contributed by atoms with van der Waals surface area (Å²) in [6.45, 7) is 4.94. The molecule has 0 aliphatic carbocycles. The number of aromatic nitrogens is 2. The van der Waals surface area contributed by atoms with Crippen molar-refractivity contribution < 1.29 is 0 Å². The first-order chi connectivity index (χ1) is 6.26. The second-order valence-electron chi connectivity index (χ2n) is 2.87. The molecule has 0 fully saturated rings. The van der Waals surface area contributed by atoms with Crippen molar-refractivity contribution in [2.45, 2.75) is 32.9 Å². The molecule has 0 spiro atoms. The van der Waals surface area contributed by atoms with Crippen molar-refractivity contribution in [3.8, 4) is 11.8 Å². The number of nitrogens with two attached hydrogens (primary N) is 1. The van der Waals surface area contributed by atoms with Gasteiger partial charge in [-0.25, -0.2) is 0 Å². The van der Waals surface area contributed by atoms with Gasteiger partial charge in [0.25, 0.3) is 0 Å². The molecule has 0 aliphatic heterocycles. The van der Waals surface area contributed by atoms with E-state index in [0.29, 0.717) is 0 Å². The lowest BCUT2D eigenvalue weighted by Gasteiger charge is -1.94. The lowest BCUT2D eigenvalue weighted by Crippen LogP contribution is -2.15. The SMILES string of the molecule is CCC(N)C#Cc1cnn(CC)c1. The van der Waals surface area contributed by atoms with Crippen LogP contribution in [0, 0.1) is 11.8 Å². The van der Waals surface area contributed by atoms with E-state index < -0.39 is 0 Å². The molecule has 1 heterocycles. The van der Waals surface area contributed by atoms with Gasteiger partial charge in [0.05, 0.1) is 17.8 Å². The van der Waals surface area contributed by atoms with E-state index in [4.69, 9.17) is 5.73 Å². The van der Waals surface area contributed by atoms with Crippen LogP contribution in [0.3, 0.4) is 0 Å². The molecular formula is C10H15N3. The van der Waals surface area contributed by atoms with Crippen LogP contribution in [0.25, 0.3) is 0 Å². The molecule has 70 valence electrons. The number of rotatable bonds is 2. The van der Waals surface area contributed by atoms with Crippen LogP contribution in [0.5, 0.6) is 0 Å². The van der Waals surface area contributed by atoms with Gasteiger partial charge in [-0.2, -0.15) is 5.10 Å². The van der Waals surface area contributed by atoms with Crippen molar-refractivity contribution in [3.63, 3.8) is 0 Å². The Bertz CT molecular complexity index is 316. The molecule has 0 saturated carbocycles. The van der Waals surface area contributed by atoms with Gasteiger partial charge >= 0.3 is 0 Å². The smallest absolute Gasteiger partial charge is 0.0665 e. The summed E-state index contributed by atoms with van der Waals surface area (Å²) < 4.78 is 1.85. The van der Waals surface area contributed by atoms with Crippen LogP contribution in [0.1, 0.15) is 25.8 Å². The second-order valence-corrected chi connectivity index (χ2v) is 2.87. The van der Waals surface area contributed by atoms with E-state index in [1.165, 1.54) is 0 Å². The summed E-state index contributed by atoms with van der Waals surface area (Å²) in [5, 5.41) is 4.11. The molecule has 1 aromatic rings. The van der Waals surface area contributed by atoms with E-state index in [-0.39, 0.29) is 6.04 Å². The van der Waals surface area contributed by atoms with Gasteiger partial charge in [0.1, 0.15) is 0 Å². The topological polar surface area (TPSA) is 43.8 Å². The fraction of sp³-hybridized carbons (Fsp3) is 0.500. The molecule has 0 amide bonds. The molecule has 1 rings (SSSR count). The molecule has 1 atom stereocenters. The summed E-state index contributed by atoms with van der Waals surface area (Å²) in [5.41, 5.74) is 6.60. The summed E-state index contributed by atoms with van der Waals surface area (Å²) in [6.07, 6.45) is 4.57. The minimum absolute atomic E-state index is 0.0232. The van der Waals surface area contributed by atoms with Crippen molar-refractivity contribution >= 4 is 0 Å². The van der Waals surface area contributed by atoms with Crippen LogP contribution < -0.4 is 5.73 Å². The van der Waals surface area contributed by atoms with E-state index in [9.17, 15) is 0 Å². The van der Waals surface area contributed by atoms with Crippen molar-refractivity contribution in [3.05, 3.63) is 18.0 Å². The Morgan fingerprint density at radius 1 is 1.62 bits per heavy atom. The van der Waals surface area contributed by atoms with Gasteiger partial charge in [-0.05, 0) is 13.3 Å². The highest BCUT2D eigenvalue weighted by molar-refractivity contribution is 5.31. The van der Waals surface area contributed by atoms with Gasteiger partial charge < -0.3 is 5.73 Å². The standard InChI is InChI=1S/C10H15N3/c1-3-10(11)6-5-9-7-12-13(4-2)8-9/h7-8,10H,3-4,11H2,1-2H3. The number of hydrogen-bond acceptors (Lipinski definition) is 2. The van der Waals surface area contributed by atoms with Crippen LogP contribution in [0.4, 0.5) is 0 Å². The van der Waals surface area contributed by atoms with Gasteiger partial charge in [-0.3, -0.25) is 4.68 Å². The third-order valence-electron chi connectivity index (χ3n) is 1.80. The maximum atomic E-state index is 5.66. The number of hydrogen-bond donors (Lipinski definition) is 1. The molecule has 0 radical (unpaired) electrons. The third-order valence-corrected chi connectivity index (χ3v) is 1.80. The first-order valence-corrected chi connectivity index (χ1v) is 4.55. The van der Waals surface area contributed by atoms with Crippen molar-refractivity contribution in [2.24, 2.45) is 5.73 Å². The second kappa shape index (κ2) is 4.68. The van der Waals surface area contributed by atoms with E-state index in [1.54, 1.807) is 6.20 Å². The van der Waals surface area contributed by atoms with Crippen molar-refractivity contribution in [1.82, 2.24) is 9.78 Å². The first-order valence-electron chi connectivity index (χ1n) is 4.55. The Labute approximate surface area is 78.9 Å². The molecule has 2 N–H and O–H groups in total. The average molecular weight is 177 g/mol. The quantitative estimate of drug-likeness (QED) is 0.685. The molecule has 0 aliphatic rings. The van der Waals surface area contributed by atoms with E-state index in [1.807, 2.05) is 24.7 Å². The Kier molecular flexibility index (Phi) is 3.53. The van der Waals surface area contributed by atoms with Crippen molar-refractivity contribution in [2.75, 3.05) is 0 Å². The highest BCUT2D eigenvalue weighted by atomic mass is 15.3. The van der Waals surface area contributed by atoms with Crippen molar-refractivity contribution in [1.29, 1.82) is 0 Å². The lowest BCUT2D eigenvalue weighted by atomic mass is 10.2. The molecule has 13 heavy (non-hydrogen) atoms. The third kappa shape index (κ3) is 2.92. The predicted molar refractivity (Wildman–Crippen MR) is 53.0 cm³/mol. The fourth-order valence-electron chi connectivity index (χ4n) is 0.879. The molecule has 3 heteroatoms. The van der Waals surface area contributed by atoms with Crippen LogP contribution in [-0.2, 0) is 6.54 Å². The van der Waals surface area contributed by atoms with Gasteiger partial charge in [0.2, 0.25) is 0 Å². The summed E-state index contributed by atoms with van der Waals surface area (Å²) in [6, 6.07) is -0.0232. The molecule has 0 saturated heterocycles. The zero-order valence-corrected chi connectivity index (χ0v) is 8.12. The number of nitrogens with zero attached hydrogens (tertiary/aromatic N) is 2. The Morgan fingerprint density at radius 3 is 2.92 bits per heavy atom. The maximum Gasteiger partial charge on any atom is 0.0665 e. The highest BCUT2D eigenvalue weighted by Crippen LogP contribution is 1.95. The average Bonchev–Trinajstić information content (AvgIpc) is 2.61. The van der Waals surface area contributed by atoms with E-state index >= 15 is 0 Å². The zero-order valence-electron chi connectivity index (χ0n) is 8.12. The van der Waals surface area contributed by atoms with Crippen LogP contribution in [-0.4, -0.2) is 15.8 Å². The van der Waals surface area contributed by atoms with Gasteiger partial charge in [-0.15, -0.1) is 0 Å². The van der Waals surface area contributed by atoms with Gasteiger partial charge in [0.15, 0.2) is 0 Å². The summed E-state index contributed by atoms with van der Waals surface area (Å²) in [5.74, 6) is 5.95. The molecule has 1 unspecified atom stereocenters. The molecular weight excluding hydrogens is 162 g/mol. The fourth-order valence-corrected chi connectivity index (χ4v) is 0.879. The van der Waals surface area contributed by atoms with E-state index in [0.717, 1.165) is 18.5 Å². The zero-order chi connectivity index (χ0) is 9.68. The monoisotopic (exact) mass is 177 g/mol. The molecule has 1 aromatic heterocycles. The minimum atomic E-state index is -0.0232. The predicted octanol–water partition coefficient (Wildman–Crippen LogP) is 0.992. The van der Waals surface area contributed by atoms with Crippen LogP contribution in [0.2, 0.25) is 0 Å². The number of aryl methyl sites for hydroxylation is 1. The van der Waals surface area contributed by atoms with Crippen LogP contribution >= 0.6 is 0 Å². The Morgan fingerprint density at radius 2 is 2.38 bits per heavy atom. The van der Waals surface area contributed by atoms with Gasteiger partial charge in [-0.1, -0.05) is 18.8 Å². The minimum Gasteiger partial charge on any atom is -0.318 e. The summed E-state index contributed by atoms with van der Waals surface area (Å²) in [7, 11) is 0. The molecule has 3 nitrogen and oxygen atoms in total. The maximum absolute atomic E-state index is 5.66. The normalized spacial score (nSPS) is 11.9. The largest absolute Gasteiger partial charge is 0.318 e. The van der Waals surface area contributed by atoms with Gasteiger partial charge in [0, 0.05) is 12.7 Å². The molecule has 0 bridgehead atoms. The highest BCUT2D eigenvalue weighted by Gasteiger charge is 1.93. The lowest BCUT2D eigenvalue weighted by molar-refractivity contribution is 0.660. The van der Waals surface area contributed by atoms with E-state index in [2.05, 4.69) is 16.9 Å².